The third kappa shape index (κ3) is 4.51. The normalized spacial score (nSPS) is 11.7. The maximum absolute atomic E-state index is 11.7. The molecule has 2 N–H and O–H groups in total. The lowest BCUT2D eigenvalue weighted by molar-refractivity contribution is 0.0954. The van der Waals surface area contributed by atoms with E-state index in [0.717, 1.165) is 17.0 Å². The molecule has 16 heavy (non-hydrogen) atoms. The Morgan fingerprint density at radius 3 is 2.75 bits per heavy atom. The van der Waals surface area contributed by atoms with Gasteiger partial charge in [-0.1, -0.05) is 6.92 Å². The summed E-state index contributed by atoms with van der Waals surface area (Å²) in [6.07, 6.45) is 0. The van der Waals surface area contributed by atoms with Crippen molar-refractivity contribution < 1.29 is 4.79 Å². The minimum absolute atomic E-state index is 0. The SMILES string of the molecule is CCN[C@H](C)CNC(=O)c1sccc1C.Cl. The average Bonchev–Trinajstić information content (AvgIpc) is 2.61. The first-order valence-electron chi connectivity index (χ1n) is 5.20. The van der Waals surface area contributed by atoms with Crippen molar-refractivity contribution in [3.63, 3.8) is 0 Å². The molecule has 0 aliphatic carbocycles. The zero-order valence-electron chi connectivity index (χ0n) is 9.87. The average molecular weight is 263 g/mol. The van der Waals surface area contributed by atoms with Crippen LogP contribution >= 0.6 is 23.7 Å². The predicted octanol–water partition coefficient (Wildman–Crippen LogP) is 2.21. The van der Waals surface area contributed by atoms with Gasteiger partial charge in [0, 0.05) is 12.6 Å². The maximum Gasteiger partial charge on any atom is 0.261 e. The van der Waals surface area contributed by atoms with Crippen LogP contribution in [-0.2, 0) is 0 Å². The smallest absolute Gasteiger partial charge is 0.261 e. The van der Waals surface area contributed by atoms with E-state index in [-0.39, 0.29) is 18.3 Å². The molecule has 0 saturated heterocycles. The van der Waals surface area contributed by atoms with Gasteiger partial charge in [-0.15, -0.1) is 23.7 Å². The van der Waals surface area contributed by atoms with Gasteiger partial charge in [-0.05, 0) is 37.4 Å². The molecule has 1 aromatic rings. The molecule has 0 bridgehead atoms. The second-order valence-corrected chi connectivity index (χ2v) is 4.52. The van der Waals surface area contributed by atoms with Crippen molar-refractivity contribution in [2.45, 2.75) is 26.8 Å². The van der Waals surface area contributed by atoms with Crippen molar-refractivity contribution in [2.24, 2.45) is 0 Å². The van der Waals surface area contributed by atoms with Crippen molar-refractivity contribution in [3.05, 3.63) is 21.9 Å². The molecule has 1 amide bonds. The number of rotatable bonds is 5. The Hall–Kier alpha value is -0.580. The standard InChI is InChI=1S/C11H18N2OS.ClH/c1-4-12-9(3)7-13-11(14)10-8(2)5-6-15-10;/h5-6,9,12H,4,7H2,1-3H3,(H,13,14);1H/t9-;/m1./s1. The first kappa shape index (κ1) is 15.4. The molecule has 5 heteroatoms. The molecule has 0 fully saturated rings. The summed E-state index contributed by atoms with van der Waals surface area (Å²) in [4.78, 5) is 12.5. The van der Waals surface area contributed by atoms with Crippen molar-refractivity contribution in [3.8, 4) is 0 Å². The second-order valence-electron chi connectivity index (χ2n) is 3.60. The van der Waals surface area contributed by atoms with E-state index in [9.17, 15) is 4.79 Å². The number of likely N-dealkylation sites (N-methyl/N-ethyl adjacent to an activating group) is 1. The maximum atomic E-state index is 11.7. The lowest BCUT2D eigenvalue weighted by Crippen LogP contribution is -2.38. The Labute approximate surface area is 107 Å². The number of carbonyl (C=O) groups is 1. The van der Waals surface area contributed by atoms with Gasteiger partial charge in [0.25, 0.3) is 5.91 Å². The van der Waals surface area contributed by atoms with Gasteiger partial charge in [-0.3, -0.25) is 4.79 Å². The molecule has 0 radical (unpaired) electrons. The summed E-state index contributed by atoms with van der Waals surface area (Å²) < 4.78 is 0. The van der Waals surface area contributed by atoms with Crippen LogP contribution in [0.5, 0.6) is 0 Å². The molecule has 0 unspecified atom stereocenters. The van der Waals surface area contributed by atoms with Gasteiger partial charge in [0.05, 0.1) is 4.88 Å². The number of carbonyl (C=O) groups excluding carboxylic acids is 1. The van der Waals surface area contributed by atoms with Crippen molar-refractivity contribution in [2.75, 3.05) is 13.1 Å². The topological polar surface area (TPSA) is 41.1 Å². The van der Waals surface area contributed by atoms with Crippen LogP contribution in [-0.4, -0.2) is 25.0 Å². The van der Waals surface area contributed by atoms with Crippen molar-refractivity contribution >= 4 is 29.7 Å². The van der Waals surface area contributed by atoms with Crippen LogP contribution in [0.4, 0.5) is 0 Å². The fraction of sp³-hybridized carbons (Fsp3) is 0.545. The van der Waals surface area contributed by atoms with E-state index in [1.807, 2.05) is 18.4 Å². The van der Waals surface area contributed by atoms with E-state index in [0.29, 0.717) is 12.6 Å². The Morgan fingerprint density at radius 2 is 2.25 bits per heavy atom. The lowest BCUT2D eigenvalue weighted by Gasteiger charge is -2.12. The molecule has 1 rings (SSSR count). The summed E-state index contributed by atoms with van der Waals surface area (Å²) in [5.41, 5.74) is 1.05. The largest absolute Gasteiger partial charge is 0.350 e. The van der Waals surface area contributed by atoms with E-state index >= 15 is 0 Å². The van der Waals surface area contributed by atoms with Gasteiger partial charge in [0.15, 0.2) is 0 Å². The summed E-state index contributed by atoms with van der Waals surface area (Å²) in [6, 6.07) is 2.28. The van der Waals surface area contributed by atoms with Gasteiger partial charge in [0.1, 0.15) is 0 Å². The molecule has 92 valence electrons. The Morgan fingerprint density at radius 1 is 1.56 bits per heavy atom. The second kappa shape index (κ2) is 7.65. The van der Waals surface area contributed by atoms with Crippen LogP contribution in [0.2, 0.25) is 0 Å². The third-order valence-electron chi connectivity index (χ3n) is 2.19. The lowest BCUT2D eigenvalue weighted by atomic mass is 10.2. The molecule has 0 aliphatic rings. The molecule has 0 saturated carbocycles. The first-order valence-corrected chi connectivity index (χ1v) is 6.08. The number of nitrogens with one attached hydrogen (secondary N) is 2. The summed E-state index contributed by atoms with van der Waals surface area (Å²) in [5, 5.41) is 8.11. The molecule has 0 spiro atoms. The summed E-state index contributed by atoms with van der Waals surface area (Å²) in [6.45, 7) is 7.67. The molecule has 1 atom stereocenters. The number of thiophene rings is 1. The van der Waals surface area contributed by atoms with E-state index in [1.165, 1.54) is 11.3 Å². The Kier molecular flexibility index (Phi) is 7.38. The van der Waals surface area contributed by atoms with Crippen LogP contribution in [0.15, 0.2) is 11.4 Å². The van der Waals surface area contributed by atoms with Crippen LogP contribution < -0.4 is 10.6 Å². The van der Waals surface area contributed by atoms with Crippen molar-refractivity contribution in [1.82, 2.24) is 10.6 Å². The van der Waals surface area contributed by atoms with Gasteiger partial charge >= 0.3 is 0 Å². The number of hydrogen-bond acceptors (Lipinski definition) is 3. The third-order valence-corrected chi connectivity index (χ3v) is 3.20. The van der Waals surface area contributed by atoms with Crippen LogP contribution in [0.25, 0.3) is 0 Å². The first-order chi connectivity index (χ1) is 7.15. The molecule has 0 aromatic carbocycles. The minimum atomic E-state index is 0. The zero-order chi connectivity index (χ0) is 11.3. The quantitative estimate of drug-likeness (QED) is 0.854. The fourth-order valence-corrected chi connectivity index (χ4v) is 2.19. The summed E-state index contributed by atoms with van der Waals surface area (Å²) >= 11 is 1.49. The van der Waals surface area contributed by atoms with Gasteiger partial charge in [-0.2, -0.15) is 0 Å². The highest BCUT2D eigenvalue weighted by atomic mass is 35.5. The van der Waals surface area contributed by atoms with E-state index in [2.05, 4.69) is 24.5 Å². The van der Waals surface area contributed by atoms with Crippen LogP contribution in [0.1, 0.15) is 29.1 Å². The van der Waals surface area contributed by atoms with E-state index < -0.39 is 0 Å². The molecular weight excluding hydrogens is 244 g/mol. The van der Waals surface area contributed by atoms with Crippen LogP contribution in [0.3, 0.4) is 0 Å². The van der Waals surface area contributed by atoms with Gasteiger partial charge in [-0.25, -0.2) is 0 Å². The monoisotopic (exact) mass is 262 g/mol. The number of hydrogen-bond donors (Lipinski definition) is 2. The molecule has 0 aliphatic heterocycles. The number of aryl methyl sites for hydroxylation is 1. The molecule has 1 heterocycles. The van der Waals surface area contributed by atoms with E-state index in [4.69, 9.17) is 0 Å². The van der Waals surface area contributed by atoms with Gasteiger partial charge < -0.3 is 10.6 Å². The zero-order valence-corrected chi connectivity index (χ0v) is 11.5. The highest BCUT2D eigenvalue weighted by Gasteiger charge is 2.10. The summed E-state index contributed by atoms with van der Waals surface area (Å²) in [7, 11) is 0. The molecule has 1 aromatic heterocycles. The van der Waals surface area contributed by atoms with Crippen LogP contribution in [0, 0.1) is 6.92 Å². The highest BCUT2D eigenvalue weighted by molar-refractivity contribution is 7.12. The van der Waals surface area contributed by atoms with Gasteiger partial charge in [0.2, 0.25) is 0 Å². The summed E-state index contributed by atoms with van der Waals surface area (Å²) in [5.74, 6) is 0.0345. The highest BCUT2D eigenvalue weighted by Crippen LogP contribution is 2.14. The number of amides is 1. The van der Waals surface area contributed by atoms with Crippen molar-refractivity contribution in [1.29, 1.82) is 0 Å². The van der Waals surface area contributed by atoms with E-state index in [1.54, 1.807) is 0 Å². The fourth-order valence-electron chi connectivity index (χ4n) is 1.35. The Bertz CT molecular complexity index is 328. The Balaban J connectivity index is 0.00000225. The molecule has 3 nitrogen and oxygen atoms in total. The minimum Gasteiger partial charge on any atom is -0.350 e. The molecular formula is C11H19ClN2OS. The predicted molar refractivity (Wildman–Crippen MR) is 71.8 cm³/mol. The number of halogens is 1.